The lowest BCUT2D eigenvalue weighted by Crippen LogP contribution is -2.13. The minimum atomic E-state index is 0.0483. The summed E-state index contributed by atoms with van der Waals surface area (Å²) in [5.41, 5.74) is 0. The minimum absolute atomic E-state index is 0.0483. The predicted octanol–water partition coefficient (Wildman–Crippen LogP) is 3.84. The molecule has 1 unspecified atom stereocenters. The fraction of sp³-hybridized carbons (Fsp3) is 1.00. The Bertz CT molecular complexity index is 278. The lowest BCUT2D eigenvalue weighted by Gasteiger charge is -2.11. The fourth-order valence-corrected chi connectivity index (χ4v) is 2.81. The Morgan fingerprint density at radius 2 is 0.964 bits per heavy atom. The first kappa shape index (κ1) is 27.8. The number of ether oxygens (including phenoxy) is 5. The SMILES string of the molecule is CCCCCCC(C)CCCCOCCOCCOCCOCCOCCO. The first-order valence-electron chi connectivity index (χ1n) is 11.3. The summed E-state index contributed by atoms with van der Waals surface area (Å²) in [5.74, 6) is 0.852. The number of hydrogen-bond acceptors (Lipinski definition) is 6. The van der Waals surface area contributed by atoms with Gasteiger partial charge in [-0.15, -0.1) is 0 Å². The van der Waals surface area contributed by atoms with Crippen LogP contribution in [-0.4, -0.2) is 77.8 Å². The van der Waals surface area contributed by atoms with Gasteiger partial charge in [0, 0.05) is 6.61 Å². The molecule has 0 saturated carbocycles. The van der Waals surface area contributed by atoms with Crippen LogP contribution in [0.2, 0.25) is 0 Å². The van der Waals surface area contributed by atoms with Gasteiger partial charge in [-0.2, -0.15) is 0 Å². The van der Waals surface area contributed by atoms with Crippen molar-refractivity contribution in [3.8, 4) is 0 Å². The molecule has 0 aromatic heterocycles. The van der Waals surface area contributed by atoms with Gasteiger partial charge < -0.3 is 28.8 Å². The third kappa shape index (κ3) is 23.8. The molecule has 1 atom stereocenters. The van der Waals surface area contributed by atoms with Crippen molar-refractivity contribution < 1.29 is 28.8 Å². The van der Waals surface area contributed by atoms with Crippen LogP contribution in [0.4, 0.5) is 0 Å². The number of rotatable bonds is 24. The Balaban J connectivity index is 3.06. The van der Waals surface area contributed by atoms with E-state index in [2.05, 4.69) is 13.8 Å². The largest absolute Gasteiger partial charge is 0.394 e. The molecule has 1 N–H and O–H groups in total. The summed E-state index contributed by atoms with van der Waals surface area (Å²) in [6.07, 6.45) is 10.6. The van der Waals surface area contributed by atoms with E-state index in [1.165, 1.54) is 44.9 Å². The Hall–Kier alpha value is -0.240. The second kappa shape index (κ2) is 24.8. The number of aliphatic hydroxyl groups excluding tert-OH is 1. The molecule has 0 fully saturated rings. The third-order valence-electron chi connectivity index (χ3n) is 4.51. The van der Waals surface area contributed by atoms with Crippen molar-refractivity contribution in [3.63, 3.8) is 0 Å². The van der Waals surface area contributed by atoms with Gasteiger partial charge in [-0.1, -0.05) is 58.8 Å². The quantitative estimate of drug-likeness (QED) is 0.246. The van der Waals surface area contributed by atoms with Gasteiger partial charge >= 0.3 is 0 Å². The van der Waals surface area contributed by atoms with E-state index in [4.69, 9.17) is 28.8 Å². The van der Waals surface area contributed by atoms with E-state index in [1.807, 2.05) is 0 Å². The maximum atomic E-state index is 8.54. The molecule has 0 bridgehead atoms. The average Bonchev–Trinajstić information content (AvgIpc) is 2.70. The van der Waals surface area contributed by atoms with Crippen LogP contribution in [-0.2, 0) is 23.7 Å². The fourth-order valence-electron chi connectivity index (χ4n) is 2.81. The van der Waals surface area contributed by atoms with Crippen molar-refractivity contribution in [2.24, 2.45) is 5.92 Å². The highest BCUT2D eigenvalue weighted by Crippen LogP contribution is 2.16. The second-order valence-electron chi connectivity index (χ2n) is 7.24. The summed E-state index contributed by atoms with van der Waals surface area (Å²) in [7, 11) is 0. The Morgan fingerprint density at radius 1 is 0.536 bits per heavy atom. The van der Waals surface area contributed by atoms with Crippen molar-refractivity contribution >= 4 is 0 Å². The first-order valence-corrected chi connectivity index (χ1v) is 11.3. The van der Waals surface area contributed by atoms with E-state index >= 15 is 0 Å². The highest BCUT2D eigenvalue weighted by atomic mass is 16.6. The summed E-state index contributed by atoms with van der Waals surface area (Å²) in [6.45, 7) is 10.4. The molecule has 0 saturated heterocycles. The van der Waals surface area contributed by atoms with Gasteiger partial charge in [0.25, 0.3) is 0 Å². The van der Waals surface area contributed by atoms with Crippen molar-refractivity contribution in [1.29, 1.82) is 0 Å². The smallest absolute Gasteiger partial charge is 0.0701 e. The summed E-state index contributed by atoms with van der Waals surface area (Å²) in [4.78, 5) is 0. The standard InChI is InChI=1S/C22H46O6/c1-3-4-5-6-9-22(2)10-7-8-12-24-14-16-26-18-20-28-21-19-27-17-15-25-13-11-23/h22-23H,3-21H2,1-2H3. The monoisotopic (exact) mass is 406 g/mol. The highest BCUT2D eigenvalue weighted by Gasteiger charge is 2.02. The molecule has 6 heteroatoms. The minimum Gasteiger partial charge on any atom is -0.394 e. The zero-order chi connectivity index (χ0) is 20.5. The Kier molecular flexibility index (Phi) is 24.6. The molecule has 0 aliphatic rings. The first-order chi connectivity index (χ1) is 13.8. The van der Waals surface area contributed by atoms with Crippen molar-refractivity contribution in [2.75, 3.05) is 72.7 Å². The molecular weight excluding hydrogens is 360 g/mol. The van der Waals surface area contributed by atoms with Crippen LogP contribution in [0.25, 0.3) is 0 Å². The Morgan fingerprint density at radius 3 is 1.43 bits per heavy atom. The van der Waals surface area contributed by atoms with Crippen LogP contribution in [0.3, 0.4) is 0 Å². The van der Waals surface area contributed by atoms with E-state index in [1.54, 1.807) is 0 Å². The number of unbranched alkanes of at least 4 members (excludes halogenated alkanes) is 4. The van der Waals surface area contributed by atoms with E-state index in [0.29, 0.717) is 59.5 Å². The number of hydrogen-bond donors (Lipinski definition) is 1. The molecule has 0 aliphatic carbocycles. The van der Waals surface area contributed by atoms with Gasteiger partial charge in [0.2, 0.25) is 0 Å². The Labute approximate surface area is 173 Å². The van der Waals surface area contributed by atoms with Gasteiger partial charge in [0.15, 0.2) is 0 Å². The van der Waals surface area contributed by atoms with Gasteiger partial charge in [-0.05, 0) is 12.3 Å². The van der Waals surface area contributed by atoms with Crippen LogP contribution in [0, 0.1) is 5.92 Å². The molecule has 6 nitrogen and oxygen atoms in total. The van der Waals surface area contributed by atoms with Gasteiger partial charge in [-0.3, -0.25) is 0 Å². The molecule has 28 heavy (non-hydrogen) atoms. The summed E-state index contributed by atoms with van der Waals surface area (Å²) < 4.78 is 26.9. The molecule has 170 valence electrons. The van der Waals surface area contributed by atoms with E-state index in [-0.39, 0.29) is 6.61 Å². The molecule has 0 amide bonds. The van der Waals surface area contributed by atoms with Crippen LogP contribution in [0.1, 0.15) is 65.2 Å². The predicted molar refractivity (Wildman–Crippen MR) is 113 cm³/mol. The summed E-state index contributed by atoms with van der Waals surface area (Å²) in [6, 6.07) is 0. The van der Waals surface area contributed by atoms with Crippen molar-refractivity contribution in [2.45, 2.75) is 65.2 Å². The van der Waals surface area contributed by atoms with Gasteiger partial charge in [0.1, 0.15) is 0 Å². The maximum Gasteiger partial charge on any atom is 0.0701 e. The van der Waals surface area contributed by atoms with E-state index in [0.717, 1.165) is 18.9 Å². The van der Waals surface area contributed by atoms with E-state index < -0.39 is 0 Å². The summed E-state index contributed by atoms with van der Waals surface area (Å²) >= 11 is 0. The lowest BCUT2D eigenvalue weighted by molar-refractivity contribution is -0.0134. The highest BCUT2D eigenvalue weighted by molar-refractivity contribution is 4.54. The maximum absolute atomic E-state index is 8.54. The number of aliphatic hydroxyl groups is 1. The lowest BCUT2D eigenvalue weighted by atomic mass is 9.97. The second-order valence-corrected chi connectivity index (χ2v) is 7.24. The van der Waals surface area contributed by atoms with Crippen LogP contribution in [0.5, 0.6) is 0 Å². The van der Waals surface area contributed by atoms with Crippen molar-refractivity contribution in [1.82, 2.24) is 0 Å². The van der Waals surface area contributed by atoms with Crippen LogP contribution >= 0.6 is 0 Å². The molecule has 0 aliphatic heterocycles. The van der Waals surface area contributed by atoms with Gasteiger partial charge in [0.05, 0.1) is 66.1 Å². The molecule has 0 rings (SSSR count). The molecule has 0 heterocycles. The molecule has 0 spiro atoms. The molecule has 0 radical (unpaired) electrons. The summed E-state index contributed by atoms with van der Waals surface area (Å²) in [5, 5.41) is 8.54. The molecule has 0 aromatic rings. The van der Waals surface area contributed by atoms with Crippen LogP contribution in [0.15, 0.2) is 0 Å². The zero-order valence-electron chi connectivity index (χ0n) is 18.5. The molecular formula is C22H46O6. The van der Waals surface area contributed by atoms with E-state index in [9.17, 15) is 0 Å². The van der Waals surface area contributed by atoms with Gasteiger partial charge in [-0.25, -0.2) is 0 Å². The zero-order valence-corrected chi connectivity index (χ0v) is 18.5. The van der Waals surface area contributed by atoms with Crippen LogP contribution < -0.4 is 0 Å². The third-order valence-corrected chi connectivity index (χ3v) is 4.51. The molecule has 0 aromatic carbocycles. The average molecular weight is 407 g/mol. The normalized spacial score (nSPS) is 12.5. The topological polar surface area (TPSA) is 66.4 Å². The van der Waals surface area contributed by atoms with Crippen molar-refractivity contribution in [3.05, 3.63) is 0 Å².